The van der Waals surface area contributed by atoms with E-state index in [4.69, 9.17) is 4.74 Å². The second-order valence-electron chi connectivity index (χ2n) is 6.65. The average Bonchev–Trinajstić information content (AvgIpc) is 3.18. The van der Waals surface area contributed by atoms with Gasteiger partial charge in [0.2, 0.25) is 0 Å². The topological polar surface area (TPSA) is 54.7 Å². The molecule has 3 rings (SSSR count). The second-order valence-corrected chi connectivity index (χ2v) is 7.56. The number of nitrogens with zero attached hydrogens (tertiary/aromatic N) is 4. The lowest BCUT2D eigenvalue weighted by molar-refractivity contribution is 0.189. The normalized spacial score (nSPS) is 20.9. The monoisotopic (exact) mass is 419 g/mol. The number of halogens is 1. The first-order chi connectivity index (χ1) is 12.6. The highest BCUT2D eigenvalue weighted by atomic mass is 79.9. The molecule has 6 nitrogen and oxygen atoms in total. The quantitative estimate of drug-likeness (QED) is 0.609. The van der Waals surface area contributed by atoms with E-state index in [-0.39, 0.29) is 0 Å². The number of ether oxygens (including phenoxy) is 1. The van der Waals surface area contributed by atoms with Crippen LogP contribution in [0.1, 0.15) is 24.9 Å². The van der Waals surface area contributed by atoms with Crippen LogP contribution in [0.2, 0.25) is 0 Å². The van der Waals surface area contributed by atoms with Crippen LogP contribution in [0.25, 0.3) is 0 Å². The Labute approximate surface area is 163 Å². The number of imidazole rings is 1. The van der Waals surface area contributed by atoms with E-state index < -0.39 is 0 Å². The second kappa shape index (κ2) is 8.58. The molecule has 1 aliphatic rings. The molecule has 0 amide bonds. The number of nitrogens with one attached hydrogen (secondary N) is 1. The summed E-state index contributed by atoms with van der Waals surface area (Å²) in [5.41, 5.74) is 1.10. The van der Waals surface area contributed by atoms with E-state index in [1.807, 2.05) is 37.9 Å². The van der Waals surface area contributed by atoms with Crippen LogP contribution in [-0.4, -0.2) is 47.7 Å². The van der Waals surface area contributed by atoms with E-state index in [2.05, 4.69) is 53.7 Å². The largest absolute Gasteiger partial charge is 0.496 e. The van der Waals surface area contributed by atoms with Crippen molar-refractivity contribution >= 4 is 21.9 Å². The maximum atomic E-state index is 5.47. The number of hydrogen-bond acceptors (Lipinski definition) is 3. The van der Waals surface area contributed by atoms with Gasteiger partial charge < -0.3 is 19.5 Å². The van der Waals surface area contributed by atoms with Crippen molar-refractivity contribution < 1.29 is 4.74 Å². The highest BCUT2D eigenvalue weighted by molar-refractivity contribution is 9.10. The molecular formula is C19H26BrN5O. The van der Waals surface area contributed by atoms with Gasteiger partial charge in [-0.15, -0.1) is 0 Å². The van der Waals surface area contributed by atoms with Crippen LogP contribution in [-0.2, 0) is 6.54 Å². The van der Waals surface area contributed by atoms with Crippen LogP contribution in [0, 0.1) is 5.92 Å². The van der Waals surface area contributed by atoms with Gasteiger partial charge in [0.25, 0.3) is 0 Å². The molecule has 26 heavy (non-hydrogen) atoms. The van der Waals surface area contributed by atoms with E-state index >= 15 is 0 Å². The first kappa shape index (κ1) is 18.8. The molecule has 2 heterocycles. The minimum atomic E-state index is 0.408. The molecule has 1 N–H and O–H groups in total. The fraction of sp³-hybridized carbons (Fsp3) is 0.474. The molecule has 2 atom stereocenters. The maximum Gasteiger partial charge on any atom is 0.193 e. The summed E-state index contributed by atoms with van der Waals surface area (Å²) in [6.45, 7) is 4.90. The number of guanidine groups is 1. The number of rotatable bonds is 4. The Morgan fingerprint density at radius 2 is 2.31 bits per heavy atom. The molecule has 1 aromatic heterocycles. The van der Waals surface area contributed by atoms with Gasteiger partial charge in [0, 0.05) is 49.1 Å². The molecule has 1 saturated heterocycles. The molecular weight excluding hydrogens is 394 g/mol. The molecule has 0 aliphatic carbocycles. The third-order valence-corrected chi connectivity index (χ3v) is 5.51. The molecule has 2 unspecified atom stereocenters. The molecule has 0 bridgehead atoms. The van der Waals surface area contributed by atoms with Crippen LogP contribution in [0.3, 0.4) is 0 Å². The van der Waals surface area contributed by atoms with Crippen LogP contribution in [0.15, 0.2) is 46.4 Å². The lowest BCUT2D eigenvalue weighted by Gasteiger charge is -2.39. The van der Waals surface area contributed by atoms with Gasteiger partial charge in [0.1, 0.15) is 5.75 Å². The van der Waals surface area contributed by atoms with Gasteiger partial charge in [0.05, 0.1) is 19.5 Å². The zero-order chi connectivity index (χ0) is 18.5. The van der Waals surface area contributed by atoms with E-state index in [0.717, 1.165) is 41.3 Å². The Morgan fingerprint density at radius 1 is 1.46 bits per heavy atom. The molecule has 140 valence electrons. The van der Waals surface area contributed by atoms with Gasteiger partial charge in [-0.1, -0.05) is 22.9 Å². The van der Waals surface area contributed by atoms with Crippen molar-refractivity contribution in [1.29, 1.82) is 0 Å². The van der Waals surface area contributed by atoms with E-state index in [1.54, 1.807) is 7.11 Å². The molecule has 2 aromatic rings. The van der Waals surface area contributed by atoms with Crippen molar-refractivity contribution in [2.75, 3.05) is 27.2 Å². The lowest BCUT2D eigenvalue weighted by Crippen LogP contribution is -2.48. The highest BCUT2D eigenvalue weighted by Gasteiger charge is 2.28. The molecule has 7 heteroatoms. The molecule has 0 saturated carbocycles. The predicted molar refractivity (Wildman–Crippen MR) is 108 cm³/mol. The van der Waals surface area contributed by atoms with Gasteiger partial charge in [-0.25, -0.2) is 4.98 Å². The van der Waals surface area contributed by atoms with Crippen LogP contribution >= 0.6 is 15.9 Å². The molecule has 1 aliphatic heterocycles. The van der Waals surface area contributed by atoms with Crippen molar-refractivity contribution in [2.45, 2.75) is 25.9 Å². The van der Waals surface area contributed by atoms with Gasteiger partial charge in [-0.05, 0) is 30.5 Å². The van der Waals surface area contributed by atoms with E-state index in [0.29, 0.717) is 18.5 Å². The number of hydrogen-bond donors (Lipinski definition) is 1. The lowest BCUT2D eigenvalue weighted by atomic mass is 9.93. The summed E-state index contributed by atoms with van der Waals surface area (Å²) in [7, 11) is 3.54. The molecule has 1 fully saturated rings. The first-order valence-corrected chi connectivity index (χ1v) is 9.67. The summed E-state index contributed by atoms with van der Waals surface area (Å²) >= 11 is 3.53. The minimum absolute atomic E-state index is 0.408. The van der Waals surface area contributed by atoms with E-state index in [1.165, 1.54) is 0 Å². The smallest absolute Gasteiger partial charge is 0.193 e. The molecule has 0 spiro atoms. The summed E-state index contributed by atoms with van der Waals surface area (Å²) in [5.74, 6) is 2.41. The number of likely N-dealkylation sites (tertiary alicyclic amines) is 1. The Balaban J connectivity index is 1.68. The Hall–Kier alpha value is -2.02. The molecule has 1 aromatic carbocycles. The SMILES string of the molecule is CN=C(NCc1cc(Br)ccc1OC)N1CCC(C)C(n2ccnc2)C1. The first-order valence-electron chi connectivity index (χ1n) is 8.87. The van der Waals surface area contributed by atoms with E-state index in [9.17, 15) is 0 Å². The number of aromatic nitrogens is 2. The van der Waals surface area contributed by atoms with Crippen molar-refractivity contribution in [2.24, 2.45) is 10.9 Å². The average molecular weight is 420 g/mol. The number of aliphatic imine (C=N–C) groups is 1. The zero-order valence-corrected chi connectivity index (χ0v) is 17.1. The fourth-order valence-corrected chi connectivity index (χ4v) is 3.90. The third-order valence-electron chi connectivity index (χ3n) is 5.02. The van der Waals surface area contributed by atoms with Crippen molar-refractivity contribution in [3.63, 3.8) is 0 Å². The molecule has 0 radical (unpaired) electrons. The van der Waals surface area contributed by atoms with Gasteiger partial charge in [0.15, 0.2) is 5.96 Å². The summed E-state index contributed by atoms with van der Waals surface area (Å²) in [6.07, 6.45) is 6.93. The summed E-state index contributed by atoms with van der Waals surface area (Å²) in [6, 6.07) is 6.44. The number of methoxy groups -OCH3 is 1. The maximum absolute atomic E-state index is 5.47. The number of piperidine rings is 1. The Kier molecular flexibility index (Phi) is 6.19. The van der Waals surface area contributed by atoms with Crippen LogP contribution in [0.4, 0.5) is 0 Å². The highest BCUT2D eigenvalue weighted by Crippen LogP contribution is 2.28. The van der Waals surface area contributed by atoms with Gasteiger partial charge >= 0.3 is 0 Å². The summed E-state index contributed by atoms with van der Waals surface area (Å²) in [4.78, 5) is 11.0. The number of benzene rings is 1. The summed E-state index contributed by atoms with van der Waals surface area (Å²) in [5, 5.41) is 3.49. The van der Waals surface area contributed by atoms with Crippen LogP contribution in [0.5, 0.6) is 5.75 Å². The van der Waals surface area contributed by atoms with Crippen LogP contribution < -0.4 is 10.1 Å². The van der Waals surface area contributed by atoms with Crippen molar-refractivity contribution in [3.05, 3.63) is 47.0 Å². The minimum Gasteiger partial charge on any atom is -0.496 e. The van der Waals surface area contributed by atoms with Gasteiger partial charge in [-0.3, -0.25) is 4.99 Å². The standard InChI is InChI=1S/C19H26BrN5O/c1-14-6-8-24(12-17(14)25-9-7-22-13-25)19(21-2)23-11-15-10-16(20)4-5-18(15)26-3/h4-5,7,9-10,13-14,17H,6,8,11-12H2,1-3H3,(H,21,23). The van der Waals surface area contributed by atoms with Gasteiger partial charge in [-0.2, -0.15) is 0 Å². The predicted octanol–water partition coefficient (Wildman–Crippen LogP) is 3.31. The van der Waals surface area contributed by atoms with Crippen molar-refractivity contribution in [1.82, 2.24) is 19.8 Å². The van der Waals surface area contributed by atoms with Crippen molar-refractivity contribution in [3.8, 4) is 5.75 Å². The summed E-state index contributed by atoms with van der Waals surface area (Å²) < 4.78 is 8.72. The Morgan fingerprint density at radius 3 is 3.00 bits per heavy atom. The Bertz CT molecular complexity index is 746. The zero-order valence-electron chi connectivity index (χ0n) is 15.5. The fourth-order valence-electron chi connectivity index (χ4n) is 3.49. The third kappa shape index (κ3) is 4.20.